The summed E-state index contributed by atoms with van der Waals surface area (Å²) in [6, 6.07) is 2.82. The predicted molar refractivity (Wildman–Crippen MR) is 56.9 cm³/mol. The Kier molecular flexibility index (Phi) is 3.36. The van der Waals surface area contributed by atoms with Gasteiger partial charge >= 0.3 is 6.61 Å². The number of nitrogens with two attached hydrogens (primary N) is 1. The number of hydrogen-bond donors (Lipinski definition) is 2. The summed E-state index contributed by atoms with van der Waals surface area (Å²) in [5.41, 5.74) is 4.43. The SMILES string of the molecule is NC(=O)c1n[nH]nc1-c1cc(F)ccc1OC(F)F. The van der Waals surface area contributed by atoms with Gasteiger partial charge in [-0.2, -0.15) is 24.2 Å². The first-order chi connectivity index (χ1) is 8.99. The number of carbonyl (C=O) groups excluding carboxylic acids is 1. The van der Waals surface area contributed by atoms with E-state index in [4.69, 9.17) is 5.73 Å². The number of benzene rings is 1. The molecule has 3 N–H and O–H groups in total. The summed E-state index contributed by atoms with van der Waals surface area (Å²) in [5, 5.41) is 9.17. The van der Waals surface area contributed by atoms with E-state index in [9.17, 15) is 18.0 Å². The van der Waals surface area contributed by atoms with E-state index in [0.717, 1.165) is 18.2 Å². The summed E-state index contributed by atoms with van der Waals surface area (Å²) >= 11 is 0. The van der Waals surface area contributed by atoms with Crippen LogP contribution in [0.25, 0.3) is 11.3 Å². The van der Waals surface area contributed by atoms with Crippen molar-refractivity contribution in [2.75, 3.05) is 0 Å². The molecule has 0 saturated heterocycles. The summed E-state index contributed by atoms with van der Waals surface area (Å²) in [5.74, 6) is -1.99. The number of aromatic nitrogens is 3. The van der Waals surface area contributed by atoms with Crippen LogP contribution >= 0.6 is 0 Å². The molecule has 0 spiro atoms. The van der Waals surface area contributed by atoms with Crippen LogP contribution in [-0.4, -0.2) is 27.9 Å². The fourth-order valence-electron chi connectivity index (χ4n) is 1.48. The standard InChI is InChI=1S/C10H7F3N4O2/c11-4-1-2-6(19-10(12)13)5(3-4)7-8(9(14)18)16-17-15-7/h1-3,10H,(H2,14,18)(H,15,16,17). The molecule has 9 heteroatoms. The number of H-pyrrole nitrogens is 1. The minimum absolute atomic E-state index is 0.150. The van der Waals surface area contributed by atoms with Crippen LogP contribution in [0.15, 0.2) is 18.2 Å². The molecule has 2 aromatic rings. The van der Waals surface area contributed by atoms with Gasteiger partial charge in [0.1, 0.15) is 17.3 Å². The van der Waals surface area contributed by atoms with E-state index in [1.807, 2.05) is 0 Å². The average Bonchev–Trinajstić information content (AvgIpc) is 2.79. The monoisotopic (exact) mass is 272 g/mol. The van der Waals surface area contributed by atoms with Gasteiger partial charge in [-0.3, -0.25) is 4.79 Å². The number of ether oxygens (including phenoxy) is 1. The van der Waals surface area contributed by atoms with Crippen molar-refractivity contribution in [3.63, 3.8) is 0 Å². The summed E-state index contributed by atoms with van der Waals surface area (Å²) in [6.45, 7) is -3.10. The Balaban J connectivity index is 2.56. The largest absolute Gasteiger partial charge is 0.434 e. The summed E-state index contributed by atoms with van der Waals surface area (Å²) < 4.78 is 41.9. The second kappa shape index (κ2) is 4.96. The van der Waals surface area contributed by atoms with Crippen molar-refractivity contribution >= 4 is 5.91 Å². The zero-order valence-corrected chi connectivity index (χ0v) is 9.23. The number of hydrogen-bond acceptors (Lipinski definition) is 4. The Morgan fingerprint density at radius 3 is 2.74 bits per heavy atom. The molecule has 0 aliphatic rings. The topological polar surface area (TPSA) is 93.9 Å². The number of aromatic amines is 1. The molecule has 0 saturated carbocycles. The lowest BCUT2D eigenvalue weighted by Crippen LogP contribution is -2.13. The van der Waals surface area contributed by atoms with E-state index in [1.165, 1.54) is 0 Å². The number of rotatable bonds is 4. The molecule has 0 fully saturated rings. The minimum Gasteiger partial charge on any atom is -0.434 e. The maximum atomic E-state index is 13.2. The molecule has 1 aromatic heterocycles. The van der Waals surface area contributed by atoms with Gasteiger partial charge in [0.2, 0.25) is 0 Å². The summed E-state index contributed by atoms with van der Waals surface area (Å²) in [6.07, 6.45) is 0. The molecule has 0 bridgehead atoms. The van der Waals surface area contributed by atoms with Gasteiger partial charge in [0.15, 0.2) is 5.69 Å². The van der Waals surface area contributed by atoms with Crippen molar-refractivity contribution in [1.29, 1.82) is 0 Å². The van der Waals surface area contributed by atoms with E-state index >= 15 is 0 Å². The van der Waals surface area contributed by atoms with E-state index in [2.05, 4.69) is 20.1 Å². The number of halogens is 3. The normalized spacial score (nSPS) is 10.7. The first-order valence-electron chi connectivity index (χ1n) is 4.94. The predicted octanol–water partition coefficient (Wildman–Crippen LogP) is 1.31. The maximum Gasteiger partial charge on any atom is 0.387 e. The van der Waals surface area contributed by atoms with Crippen molar-refractivity contribution in [2.45, 2.75) is 6.61 Å². The highest BCUT2D eigenvalue weighted by Crippen LogP contribution is 2.31. The van der Waals surface area contributed by atoms with Crippen molar-refractivity contribution in [3.05, 3.63) is 29.7 Å². The zero-order chi connectivity index (χ0) is 14.0. The van der Waals surface area contributed by atoms with E-state index in [-0.39, 0.29) is 22.7 Å². The van der Waals surface area contributed by atoms with Gasteiger partial charge in [-0.25, -0.2) is 4.39 Å². The summed E-state index contributed by atoms with van der Waals surface area (Å²) in [7, 11) is 0. The maximum absolute atomic E-state index is 13.2. The average molecular weight is 272 g/mol. The molecule has 0 aliphatic heterocycles. The molecule has 0 radical (unpaired) electrons. The van der Waals surface area contributed by atoms with Crippen LogP contribution in [0.2, 0.25) is 0 Å². The highest BCUT2D eigenvalue weighted by atomic mass is 19.3. The van der Waals surface area contributed by atoms with Crippen molar-refractivity contribution in [3.8, 4) is 17.0 Å². The van der Waals surface area contributed by atoms with Gasteiger partial charge < -0.3 is 10.5 Å². The first-order valence-corrected chi connectivity index (χ1v) is 4.94. The van der Waals surface area contributed by atoms with Crippen LogP contribution in [-0.2, 0) is 0 Å². The quantitative estimate of drug-likeness (QED) is 0.877. The van der Waals surface area contributed by atoms with E-state index in [0.29, 0.717) is 0 Å². The fourth-order valence-corrected chi connectivity index (χ4v) is 1.48. The number of carbonyl (C=O) groups is 1. The minimum atomic E-state index is -3.10. The van der Waals surface area contributed by atoms with Crippen LogP contribution in [0.1, 0.15) is 10.5 Å². The molecule has 1 amide bonds. The highest BCUT2D eigenvalue weighted by molar-refractivity contribution is 5.97. The Bertz CT molecular complexity index is 615. The molecule has 1 heterocycles. The van der Waals surface area contributed by atoms with Crippen LogP contribution in [0.4, 0.5) is 13.2 Å². The van der Waals surface area contributed by atoms with Gasteiger partial charge in [0.25, 0.3) is 5.91 Å². The molecular formula is C10H7F3N4O2. The Morgan fingerprint density at radius 1 is 1.37 bits per heavy atom. The molecule has 2 rings (SSSR count). The lowest BCUT2D eigenvalue weighted by atomic mass is 10.1. The van der Waals surface area contributed by atoms with Crippen molar-refractivity contribution in [2.24, 2.45) is 5.73 Å². The van der Waals surface area contributed by atoms with Crippen molar-refractivity contribution in [1.82, 2.24) is 15.4 Å². The molecule has 0 aliphatic carbocycles. The Labute approximate surface area is 104 Å². The lowest BCUT2D eigenvalue weighted by molar-refractivity contribution is -0.0495. The lowest BCUT2D eigenvalue weighted by Gasteiger charge is -2.09. The van der Waals surface area contributed by atoms with Crippen molar-refractivity contribution < 1.29 is 22.7 Å². The highest BCUT2D eigenvalue weighted by Gasteiger charge is 2.20. The zero-order valence-electron chi connectivity index (χ0n) is 9.23. The van der Waals surface area contributed by atoms with Crippen LogP contribution in [0.3, 0.4) is 0 Å². The van der Waals surface area contributed by atoms with Gasteiger partial charge in [0, 0.05) is 5.56 Å². The smallest absolute Gasteiger partial charge is 0.387 e. The Morgan fingerprint density at radius 2 is 2.11 bits per heavy atom. The van der Waals surface area contributed by atoms with E-state index < -0.39 is 18.3 Å². The van der Waals surface area contributed by atoms with Gasteiger partial charge in [-0.1, -0.05) is 0 Å². The fraction of sp³-hybridized carbons (Fsp3) is 0.100. The van der Waals surface area contributed by atoms with Gasteiger partial charge in [-0.15, -0.1) is 0 Å². The number of nitrogens with zero attached hydrogens (tertiary/aromatic N) is 2. The van der Waals surface area contributed by atoms with Crippen LogP contribution in [0, 0.1) is 5.82 Å². The second-order valence-corrected chi connectivity index (χ2v) is 3.40. The molecule has 19 heavy (non-hydrogen) atoms. The third-order valence-corrected chi connectivity index (χ3v) is 2.19. The van der Waals surface area contributed by atoms with E-state index in [1.54, 1.807) is 0 Å². The molecule has 0 unspecified atom stereocenters. The molecule has 1 aromatic carbocycles. The number of nitrogens with one attached hydrogen (secondary N) is 1. The molecule has 0 atom stereocenters. The third-order valence-electron chi connectivity index (χ3n) is 2.19. The third kappa shape index (κ3) is 2.64. The van der Waals surface area contributed by atoms with Gasteiger partial charge in [0.05, 0.1) is 0 Å². The summed E-state index contributed by atoms with van der Waals surface area (Å²) in [4.78, 5) is 11.1. The number of alkyl halides is 2. The first kappa shape index (κ1) is 12.9. The molecular weight excluding hydrogens is 265 g/mol. The number of amides is 1. The van der Waals surface area contributed by atoms with Crippen LogP contribution < -0.4 is 10.5 Å². The van der Waals surface area contributed by atoms with Gasteiger partial charge in [-0.05, 0) is 18.2 Å². The molecule has 100 valence electrons. The van der Waals surface area contributed by atoms with Crippen LogP contribution in [0.5, 0.6) is 5.75 Å². The Hall–Kier alpha value is -2.58. The number of primary amides is 1. The molecule has 6 nitrogen and oxygen atoms in total. The second-order valence-electron chi connectivity index (χ2n) is 3.40.